The van der Waals surface area contributed by atoms with E-state index < -0.39 is 10.5 Å². The number of nitro groups is 1. The Kier molecular flexibility index (Phi) is 4.38. The SMILES string of the molecule is CC1CCC(O)(CNc2ncc([N+](=O)[O-])cc2C#N)CC1. The number of pyridine rings is 1. The lowest BCUT2D eigenvalue weighted by molar-refractivity contribution is -0.385. The van der Waals surface area contributed by atoms with Crippen molar-refractivity contribution in [3.63, 3.8) is 0 Å². The molecule has 0 spiro atoms. The van der Waals surface area contributed by atoms with Crippen LogP contribution in [0, 0.1) is 27.4 Å². The monoisotopic (exact) mass is 290 g/mol. The van der Waals surface area contributed by atoms with Crippen LogP contribution in [0.3, 0.4) is 0 Å². The normalized spacial score (nSPS) is 25.1. The highest BCUT2D eigenvalue weighted by molar-refractivity contribution is 5.55. The summed E-state index contributed by atoms with van der Waals surface area (Å²) in [6.07, 6.45) is 4.45. The zero-order valence-corrected chi connectivity index (χ0v) is 11.9. The van der Waals surface area contributed by atoms with Crippen LogP contribution in [-0.4, -0.2) is 27.2 Å². The van der Waals surface area contributed by atoms with Crippen LogP contribution in [-0.2, 0) is 0 Å². The first kappa shape index (κ1) is 15.2. The lowest BCUT2D eigenvalue weighted by Crippen LogP contribution is -2.40. The van der Waals surface area contributed by atoms with E-state index in [2.05, 4.69) is 17.2 Å². The second-order valence-corrected chi connectivity index (χ2v) is 5.72. The first-order valence-electron chi connectivity index (χ1n) is 6.94. The summed E-state index contributed by atoms with van der Waals surface area (Å²) in [4.78, 5) is 14.0. The Labute approximate surface area is 122 Å². The molecule has 1 heterocycles. The van der Waals surface area contributed by atoms with Crippen LogP contribution in [0.5, 0.6) is 0 Å². The van der Waals surface area contributed by atoms with E-state index in [1.54, 1.807) is 0 Å². The largest absolute Gasteiger partial charge is 0.388 e. The molecule has 0 aromatic carbocycles. The number of rotatable bonds is 4. The van der Waals surface area contributed by atoms with Crippen LogP contribution in [0.1, 0.15) is 38.2 Å². The van der Waals surface area contributed by atoms with E-state index in [4.69, 9.17) is 5.26 Å². The number of nitriles is 1. The minimum atomic E-state index is -0.803. The fourth-order valence-electron chi connectivity index (χ4n) is 2.50. The van der Waals surface area contributed by atoms with Gasteiger partial charge in [-0.1, -0.05) is 6.92 Å². The molecule has 2 N–H and O–H groups in total. The topological polar surface area (TPSA) is 112 Å². The highest BCUT2D eigenvalue weighted by Crippen LogP contribution is 2.32. The van der Waals surface area contributed by atoms with Crippen LogP contribution in [0.25, 0.3) is 0 Å². The van der Waals surface area contributed by atoms with Gasteiger partial charge in [0.05, 0.1) is 10.5 Å². The van der Waals surface area contributed by atoms with Crippen LogP contribution in [0.2, 0.25) is 0 Å². The zero-order chi connectivity index (χ0) is 15.5. The molecule has 0 radical (unpaired) electrons. The van der Waals surface area contributed by atoms with Gasteiger partial charge in [0.2, 0.25) is 0 Å². The molecular formula is C14H18N4O3. The third-order valence-electron chi connectivity index (χ3n) is 3.99. The molecule has 0 unspecified atom stereocenters. The summed E-state index contributed by atoms with van der Waals surface area (Å²) in [5.41, 5.74) is -0.915. The van der Waals surface area contributed by atoms with Crippen LogP contribution in [0.4, 0.5) is 11.5 Å². The van der Waals surface area contributed by atoms with Gasteiger partial charge in [-0.25, -0.2) is 4.98 Å². The van der Waals surface area contributed by atoms with E-state index in [1.165, 1.54) is 6.07 Å². The maximum Gasteiger partial charge on any atom is 0.289 e. The lowest BCUT2D eigenvalue weighted by Gasteiger charge is -2.35. The van der Waals surface area contributed by atoms with E-state index in [1.807, 2.05) is 6.07 Å². The van der Waals surface area contributed by atoms with Crippen LogP contribution in [0.15, 0.2) is 12.3 Å². The summed E-state index contributed by atoms with van der Waals surface area (Å²) in [6, 6.07) is 3.07. The predicted octanol–water partition coefficient (Wildman–Crippen LogP) is 2.21. The van der Waals surface area contributed by atoms with Crippen molar-refractivity contribution in [2.75, 3.05) is 11.9 Å². The van der Waals surface area contributed by atoms with Gasteiger partial charge in [-0.15, -0.1) is 0 Å². The summed E-state index contributed by atoms with van der Waals surface area (Å²) in [5, 5.41) is 33.1. The van der Waals surface area contributed by atoms with Gasteiger partial charge < -0.3 is 10.4 Å². The second-order valence-electron chi connectivity index (χ2n) is 5.72. The van der Waals surface area contributed by atoms with Crippen molar-refractivity contribution in [1.29, 1.82) is 5.26 Å². The van der Waals surface area contributed by atoms with Crippen LogP contribution < -0.4 is 5.32 Å². The summed E-state index contributed by atoms with van der Waals surface area (Å²) in [5.74, 6) is 0.896. The summed E-state index contributed by atoms with van der Waals surface area (Å²) in [6.45, 7) is 2.46. The average molecular weight is 290 g/mol. The molecule has 1 aromatic heterocycles. The molecule has 2 rings (SSSR count). The highest BCUT2D eigenvalue weighted by Gasteiger charge is 2.31. The molecule has 0 amide bonds. The average Bonchev–Trinajstić information content (AvgIpc) is 2.48. The van der Waals surface area contributed by atoms with Crippen molar-refractivity contribution >= 4 is 11.5 Å². The minimum absolute atomic E-state index is 0.108. The van der Waals surface area contributed by atoms with Crippen molar-refractivity contribution in [1.82, 2.24) is 4.98 Å². The van der Waals surface area contributed by atoms with Crippen molar-refractivity contribution < 1.29 is 10.0 Å². The number of aliphatic hydroxyl groups is 1. The number of nitrogens with zero attached hydrogens (tertiary/aromatic N) is 3. The van der Waals surface area contributed by atoms with Gasteiger partial charge in [0.1, 0.15) is 23.6 Å². The van der Waals surface area contributed by atoms with E-state index in [-0.39, 0.29) is 17.1 Å². The first-order valence-corrected chi connectivity index (χ1v) is 6.94. The van der Waals surface area contributed by atoms with Gasteiger partial charge in [0.25, 0.3) is 5.69 Å². The maximum absolute atomic E-state index is 10.7. The Morgan fingerprint density at radius 1 is 1.62 bits per heavy atom. The number of nitrogens with one attached hydrogen (secondary N) is 1. The highest BCUT2D eigenvalue weighted by atomic mass is 16.6. The van der Waals surface area contributed by atoms with Crippen molar-refractivity contribution in [2.45, 2.75) is 38.2 Å². The van der Waals surface area contributed by atoms with Gasteiger partial charge in [-0.3, -0.25) is 10.1 Å². The molecule has 0 atom stereocenters. The molecule has 0 aliphatic heterocycles. The molecule has 1 aliphatic rings. The third kappa shape index (κ3) is 3.67. The predicted molar refractivity (Wildman–Crippen MR) is 76.7 cm³/mol. The number of hydrogen-bond acceptors (Lipinski definition) is 6. The number of aromatic nitrogens is 1. The van der Waals surface area contributed by atoms with Crippen molar-refractivity contribution in [2.24, 2.45) is 5.92 Å². The lowest BCUT2D eigenvalue weighted by atomic mass is 9.79. The molecule has 1 aromatic rings. The summed E-state index contributed by atoms with van der Waals surface area (Å²) < 4.78 is 0. The Morgan fingerprint density at radius 3 is 2.86 bits per heavy atom. The molecule has 21 heavy (non-hydrogen) atoms. The molecule has 7 heteroatoms. The van der Waals surface area contributed by atoms with Crippen molar-refractivity contribution in [3.8, 4) is 6.07 Å². The fourth-order valence-corrected chi connectivity index (χ4v) is 2.50. The van der Waals surface area contributed by atoms with Gasteiger partial charge >= 0.3 is 0 Å². The molecule has 0 bridgehead atoms. The third-order valence-corrected chi connectivity index (χ3v) is 3.99. The Balaban J connectivity index is 2.06. The maximum atomic E-state index is 10.7. The van der Waals surface area contributed by atoms with E-state index in [9.17, 15) is 15.2 Å². The first-order chi connectivity index (χ1) is 9.93. The van der Waals surface area contributed by atoms with Gasteiger partial charge in [-0.2, -0.15) is 5.26 Å². The standard InChI is InChI=1S/C14H18N4O3/c1-10-2-4-14(19,5-3-10)9-17-13-11(7-15)6-12(8-16-13)18(20)21/h6,8,10,19H,2-5,9H2,1H3,(H,16,17). The van der Waals surface area contributed by atoms with E-state index in [0.29, 0.717) is 25.3 Å². The Bertz CT molecular complexity index is 574. The van der Waals surface area contributed by atoms with Crippen LogP contribution >= 0.6 is 0 Å². The van der Waals surface area contributed by atoms with Gasteiger partial charge in [0, 0.05) is 12.6 Å². The summed E-state index contributed by atoms with van der Waals surface area (Å²) in [7, 11) is 0. The molecule has 1 aliphatic carbocycles. The molecule has 1 fully saturated rings. The molecule has 7 nitrogen and oxygen atoms in total. The molecule has 0 saturated heterocycles. The summed E-state index contributed by atoms with van der Waals surface area (Å²) >= 11 is 0. The fraction of sp³-hybridized carbons (Fsp3) is 0.571. The quantitative estimate of drug-likeness (QED) is 0.649. The van der Waals surface area contributed by atoms with E-state index >= 15 is 0 Å². The molecule has 1 saturated carbocycles. The molecule has 112 valence electrons. The van der Waals surface area contributed by atoms with Gasteiger partial charge in [-0.05, 0) is 31.6 Å². The Hall–Kier alpha value is -2.20. The van der Waals surface area contributed by atoms with E-state index in [0.717, 1.165) is 19.0 Å². The molecular weight excluding hydrogens is 272 g/mol. The number of hydrogen-bond donors (Lipinski definition) is 2. The zero-order valence-electron chi connectivity index (χ0n) is 11.9. The smallest absolute Gasteiger partial charge is 0.289 e. The minimum Gasteiger partial charge on any atom is -0.388 e. The van der Waals surface area contributed by atoms with Gasteiger partial charge in [0.15, 0.2) is 0 Å². The number of anilines is 1. The Morgan fingerprint density at radius 2 is 2.29 bits per heavy atom. The van der Waals surface area contributed by atoms with Crippen molar-refractivity contribution in [3.05, 3.63) is 27.9 Å². The second kappa shape index (κ2) is 6.06.